The van der Waals surface area contributed by atoms with Crippen LogP contribution >= 0.6 is 12.2 Å². The molecule has 0 unspecified atom stereocenters. The number of ether oxygens (including phenoxy) is 1. The van der Waals surface area contributed by atoms with Crippen LogP contribution in [-0.4, -0.2) is 61.2 Å². The maximum Gasteiger partial charge on any atom is 0.251 e. The third-order valence-corrected chi connectivity index (χ3v) is 5.63. The summed E-state index contributed by atoms with van der Waals surface area (Å²) in [6, 6.07) is 6.31. The minimum atomic E-state index is -0.576. The van der Waals surface area contributed by atoms with Crippen LogP contribution in [0.4, 0.5) is 0 Å². The molecule has 0 bridgehead atoms. The lowest BCUT2D eigenvalue weighted by atomic mass is 9.88. The maximum atomic E-state index is 12.9. The number of nitrogens with zero attached hydrogens (tertiary/aromatic N) is 1. The summed E-state index contributed by atoms with van der Waals surface area (Å²) in [5.74, 6) is 0.694. The van der Waals surface area contributed by atoms with Gasteiger partial charge in [0.1, 0.15) is 11.8 Å². The Balaban J connectivity index is 2.07. The Morgan fingerprint density at radius 1 is 1.17 bits per heavy atom. The van der Waals surface area contributed by atoms with Gasteiger partial charge in [-0.1, -0.05) is 13.8 Å². The summed E-state index contributed by atoms with van der Waals surface area (Å²) in [5.41, 5.74) is 0.503. The molecule has 0 radical (unpaired) electrons. The van der Waals surface area contributed by atoms with Gasteiger partial charge in [0.05, 0.1) is 7.11 Å². The number of carbonyl (C=O) groups excluding carboxylic acids is 2. The van der Waals surface area contributed by atoms with Crippen molar-refractivity contribution in [1.82, 2.24) is 20.9 Å². The molecule has 1 aromatic rings. The van der Waals surface area contributed by atoms with Crippen molar-refractivity contribution >= 4 is 29.1 Å². The van der Waals surface area contributed by atoms with Crippen LogP contribution in [0.3, 0.4) is 0 Å². The van der Waals surface area contributed by atoms with Gasteiger partial charge in [-0.3, -0.25) is 9.59 Å². The second-order valence-corrected chi connectivity index (χ2v) is 8.37. The number of thiocarbonyl (C=S) groups is 1. The molecule has 8 heteroatoms. The maximum absolute atomic E-state index is 12.9. The third kappa shape index (κ3) is 6.86. The number of amides is 2. The van der Waals surface area contributed by atoms with Crippen LogP contribution in [0, 0.1) is 11.8 Å². The SMILES string of the molecule is CCNC(=S)N1CCC([C@H](NC(=O)c2ccc(OC)cc2)C(=O)NCC(C)C)CC1. The van der Waals surface area contributed by atoms with E-state index in [1.165, 1.54) is 0 Å². The molecule has 30 heavy (non-hydrogen) atoms. The first-order valence-corrected chi connectivity index (χ1v) is 11.0. The van der Waals surface area contributed by atoms with Crippen LogP contribution in [0.15, 0.2) is 24.3 Å². The molecule has 1 heterocycles. The average Bonchev–Trinajstić information content (AvgIpc) is 2.76. The second kappa shape index (κ2) is 11.7. The number of hydrogen-bond donors (Lipinski definition) is 3. The molecule has 3 N–H and O–H groups in total. The minimum absolute atomic E-state index is 0.0556. The molecule has 2 amide bonds. The molecule has 1 aromatic carbocycles. The van der Waals surface area contributed by atoms with Gasteiger partial charge in [-0.15, -0.1) is 0 Å². The molecule has 7 nitrogen and oxygen atoms in total. The lowest BCUT2D eigenvalue weighted by Gasteiger charge is -2.37. The van der Waals surface area contributed by atoms with Gasteiger partial charge < -0.3 is 25.6 Å². The molecular formula is C22H34N4O3S. The van der Waals surface area contributed by atoms with E-state index in [1.807, 2.05) is 20.8 Å². The van der Waals surface area contributed by atoms with Crippen molar-refractivity contribution < 1.29 is 14.3 Å². The van der Waals surface area contributed by atoms with Gasteiger partial charge in [-0.2, -0.15) is 0 Å². The fourth-order valence-corrected chi connectivity index (χ4v) is 3.80. The first kappa shape index (κ1) is 23.9. The Labute approximate surface area is 184 Å². The average molecular weight is 435 g/mol. The molecule has 0 aromatic heterocycles. The van der Waals surface area contributed by atoms with Crippen LogP contribution in [0.1, 0.15) is 44.0 Å². The van der Waals surface area contributed by atoms with Crippen molar-refractivity contribution in [3.05, 3.63) is 29.8 Å². The molecular weight excluding hydrogens is 400 g/mol. The van der Waals surface area contributed by atoms with E-state index in [4.69, 9.17) is 17.0 Å². The van der Waals surface area contributed by atoms with E-state index in [0.717, 1.165) is 37.6 Å². The van der Waals surface area contributed by atoms with Crippen LogP contribution in [0.25, 0.3) is 0 Å². The smallest absolute Gasteiger partial charge is 0.251 e. The summed E-state index contributed by atoms with van der Waals surface area (Å²) in [7, 11) is 1.58. The molecule has 0 aliphatic carbocycles. The Morgan fingerprint density at radius 3 is 2.33 bits per heavy atom. The van der Waals surface area contributed by atoms with Gasteiger partial charge in [-0.05, 0) is 68.1 Å². The topological polar surface area (TPSA) is 82.7 Å². The van der Waals surface area contributed by atoms with Gasteiger partial charge >= 0.3 is 0 Å². The largest absolute Gasteiger partial charge is 0.497 e. The van der Waals surface area contributed by atoms with Crippen molar-refractivity contribution in [2.24, 2.45) is 11.8 Å². The number of benzene rings is 1. The van der Waals surface area contributed by atoms with E-state index in [1.54, 1.807) is 31.4 Å². The van der Waals surface area contributed by atoms with Crippen molar-refractivity contribution in [2.75, 3.05) is 33.3 Å². The summed E-state index contributed by atoms with van der Waals surface area (Å²) in [6.45, 7) is 9.01. The summed E-state index contributed by atoms with van der Waals surface area (Å²) in [4.78, 5) is 27.9. The Kier molecular flexibility index (Phi) is 9.36. The van der Waals surface area contributed by atoms with E-state index in [2.05, 4.69) is 20.9 Å². The second-order valence-electron chi connectivity index (χ2n) is 7.98. The van der Waals surface area contributed by atoms with E-state index in [9.17, 15) is 9.59 Å². The minimum Gasteiger partial charge on any atom is -0.497 e. The monoisotopic (exact) mass is 434 g/mol. The molecule has 166 valence electrons. The van der Waals surface area contributed by atoms with E-state index < -0.39 is 6.04 Å². The predicted octanol–water partition coefficient (Wildman–Crippen LogP) is 2.17. The fraction of sp³-hybridized carbons (Fsp3) is 0.591. The zero-order valence-electron chi connectivity index (χ0n) is 18.4. The number of methoxy groups -OCH3 is 1. The number of nitrogens with one attached hydrogen (secondary N) is 3. The normalized spacial score (nSPS) is 15.4. The van der Waals surface area contributed by atoms with E-state index in [0.29, 0.717) is 23.8 Å². The van der Waals surface area contributed by atoms with Gasteiger partial charge in [-0.25, -0.2) is 0 Å². The Hall–Kier alpha value is -2.35. The van der Waals surface area contributed by atoms with Crippen LogP contribution in [0.2, 0.25) is 0 Å². The summed E-state index contributed by atoms with van der Waals surface area (Å²) in [5, 5.41) is 9.88. The van der Waals surface area contributed by atoms with Crippen molar-refractivity contribution in [3.63, 3.8) is 0 Å². The first-order chi connectivity index (χ1) is 14.3. The zero-order valence-corrected chi connectivity index (χ0v) is 19.2. The molecule has 0 spiro atoms. The summed E-state index contributed by atoms with van der Waals surface area (Å²) in [6.07, 6.45) is 1.57. The highest BCUT2D eigenvalue weighted by Crippen LogP contribution is 2.22. The summed E-state index contributed by atoms with van der Waals surface area (Å²) >= 11 is 5.41. The van der Waals surface area contributed by atoms with E-state index >= 15 is 0 Å². The van der Waals surface area contributed by atoms with Gasteiger partial charge in [0.25, 0.3) is 5.91 Å². The Morgan fingerprint density at radius 2 is 1.80 bits per heavy atom. The Bertz CT molecular complexity index is 716. The van der Waals surface area contributed by atoms with Gasteiger partial charge in [0.2, 0.25) is 5.91 Å². The lowest BCUT2D eigenvalue weighted by Crippen LogP contribution is -2.54. The van der Waals surface area contributed by atoms with Crippen LogP contribution < -0.4 is 20.7 Å². The van der Waals surface area contributed by atoms with Gasteiger partial charge in [0.15, 0.2) is 5.11 Å². The third-order valence-electron chi connectivity index (χ3n) is 5.23. The first-order valence-electron chi connectivity index (χ1n) is 10.6. The lowest BCUT2D eigenvalue weighted by molar-refractivity contribution is -0.124. The van der Waals surface area contributed by atoms with Crippen LogP contribution in [-0.2, 0) is 4.79 Å². The van der Waals surface area contributed by atoms with Gasteiger partial charge in [0, 0.05) is 31.7 Å². The van der Waals surface area contributed by atoms with Crippen molar-refractivity contribution in [1.29, 1.82) is 0 Å². The highest BCUT2D eigenvalue weighted by atomic mass is 32.1. The molecule has 1 atom stereocenters. The number of rotatable bonds is 8. The molecule has 1 fully saturated rings. The number of likely N-dealkylation sites (tertiary alicyclic amines) is 1. The fourth-order valence-electron chi connectivity index (χ4n) is 3.48. The number of carbonyl (C=O) groups is 2. The standard InChI is InChI=1S/C22H34N4O3S/c1-5-23-22(30)26-12-10-16(11-13-26)19(21(28)24-14-15(2)3)25-20(27)17-6-8-18(29-4)9-7-17/h6-9,15-16,19H,5,10-14H2,1-4H3,(H,23,30)(H,24,28)(H,25,27)/t19-/m0/s1. The van der Waals surface area contributed by atoms with Crippen molar-refractivity contribution in [3.8, 4) is 5.75 Å². The van der Waals surface area contributed by atoms with E-state index in [-0.39, 0.29) is 17.7 Å². The van der Waals surface area contributed by atoms with Crippen LogP contribution in [0.5, 0.6) is 5.75 Å². The number of hydrogen-bond acceptors (Lipinski definition) is 4. The highest BCUT2D eigenvalue weighted by Gasteiger charge is 2.33. The zero-order chi connectivity index (χ0) is 22.1. The number of piperidine rings is 1. The van der Waals surface area contributed by atoms with Crippen molar-refractivity contribution in [2.45, 2.75) is 39.7 Å². The highest BCUT2D eigenvalue weighted by molar-refractivity contribution is 7.80. The predicted molar refractivity (Wildman–Crippen MR) is 123 cm³/mol. The quantitative estimate of drug-likeness (QED) is 0.544. The molecule has 1 saturated heterocycles. The molecule has 0 saturated carbocycles. The molecule has 1 aliphatic heterocycles. The summed E-state index contributed by atoms with van der Waals surface area (Å²) < 4.78 is 5.15. The molecule has 1 aliphatic rings. The molecule has 2 rings (SSSR count).